The van der Waals surface area contributed by atoms with Crippen LogP contribution in [0.2, 0.25) is 0 Å². The van der Waals surface area contributed by atoms with Crippen LogP contribution in [-0.4, -0.2) is 15.0 Å². The molecule has 0 amide bonds. The van der Waals surface area contributed by atoms with Crippen molar-refractivity contribution < 1.29 is 4.42 Å². The number of hydrogen-bond acceptors (Lipinski definition) is 4. The van der Waals surface area contributed by atoms with Gasteiger partial charge >= 0.3 is 0 Å². The molecule has 2 heterocycles. The van der Waals surface area contributed by atoms with E-state index in [1.165, 1.54) is 38.9 Å². The summed E-state index contributed by atoms with van der Waals surface area (Å²) in [5.41, 5.74) is 16.2. The molecule has 10 aromatic rings. The second-order valence-electron chi connectivity index (χ2n) is 15.1. The van der Waals surface area contributed by atoms with Crippen LogP contribution in [0.5, 0.6) is 0 Å². The number of hydrogen-bond donors (Lipinski definition) is 0. The molecule has 0 aliphatic heterocycles. The SMILES string of the molecule is c1ccc(-c2ccc(-c3nc(-c4ccccc4)nc(-c4cccc(-c5cccc6c5-c5c(oc7ccccc57)C65c6ccccc6-c6ccccc65)c4)n3)cc2)cc1. The van der Waals surface area contributed by atoms with Crippen LogP contribution in [0.25, 0.3) is 89.6 Å². The van der Waals surface area contributed by atoms with Gasteiger partial charge in [0.25, 0.3) is 0 Å². The number of rotatable bonds is 5. The van der Waals surface area contributed by atoms with E-state index in [0.29, 0.717) is 17.5 Å². The van der Waals surface area contributed by atoms with E-state index in [2.05, 4.69) is 164 Å². The van der Waals surface area contributed by atoms with Crippen LogP contribution < -0.4 is 0 Å². The smallest absolute Gasteiger partial charge is 0.164 e. The molecular formula is C54H33N3O. The van der Waals surface area contributed by atoms with E-state index in [-0.39, 0.29) is 0 Å². The maximum absolute atomic E-state index is 7.04. The molecule has 0 radical (unpaired) electrons. The summed E-state index contributed by atoms with van der Waals surface area (Å²) in [6, 6.07) is 70.6. The molecule has 0 atom stereocenters. The summed E-state index contributed by atoms with van der Waals surface area (Å²) in [4.78, 5) is 15.3. The Morgan fingerprint density at radius 2 is 0.793 bits per heavy atom. The molecule has 2 aromatic heterocycles. The zero-order valence-corrected chi connectivity index (χ0v) is 31.3. The van der Waals surface area contributed by atoms with Crippen molar-refractivity contribution in [3.63, 3.8) is 0 Å². The van der Waals surface area contributed by atoms with E-state index < -0.39 is 5.41 Å². The van der Waals surface area contributed by atoms with Crippen molar-refractivity contribution in [1.82, 2.24) is 15.0 Å². The molecule has 4 heteroatoms. The van der Waals surface area contributed by atoms with Crippen LogP contribution in [-0.2, 0) is 5.41 Å². The fourth-order valence-electron chi connectivity index (χ4n) is 9.44. The highest BCUT2D eigenvalue weighted by molar-refractivity contribution is 6.08. The second kappa shape index (κ2) is 12.7. The number of furan rings is 1. The lowest BCUT2D eigenvalue weighted by Gasteiger charge is -2.28. The Bertz CT molecular complexity index is 3170. The van der Waals surface area contributed by atoms with E-state index in [1.54, 1.807) is 0 Å². The lowest BCUT2D eigenvalue weighted by Crippen LogP contribution is -2.25. The number of nitrogens with zero attached hydrogens (tertiary/aromatic N) is 3. The quantitative estimate of drug-likeness (QED) is 0.176. The molecule has 0 fully saturated rings. The molecule has 1 spiro atoms. The molecule has 0 saturated carbocycles. The number of para-hydroxylation sites is 1. The monoisotopic (exact) mass is 739 g/mol. The van der Waals surface area contributed by atoms with Gasteiger partial charge < -0.3 is 4.42 Å². The Kier molecular flexibility index (Phi) is 7.11. The van der Waals surface area contributed by atoms with Crippen molar-refractivity contribution in [1.29, 1.82) is 0 Å². The number of benzene rings is 8. The molecule has 0 unspecified atom stereocenters. The molecule has 2 aliphatic rings. The highest BCUT2D eigenvalue weighted by Crippen LogP contribution is 2.65. The Hall–Kier alpha value is -7.69. The van der Waals surface area contributed by atoms with Crippen molar-refractivity contribution in [3.8, 4) is 78.7 Å². The van der Waals surface area contributed by atoms with Gasteiger partial charge in [-0.25, -0.2) is 15.0 Å². The Balaban J connectivity index is 1.05. The van der Waals surface area contributed by atoms with E-state index in [1.807, 2.05) is 36.4 Å². The van der Waals surface area contributed by atoms with Gasteiger partial charge in [0.1, 0.15) is 16.8 Å². The molecule has 2 aliphatic carbocycles. The lowest BCUT2D eigenvalue weighted by molar-refractivity contribution is 0.507. The zero-order valence-electron chi connectivity index (χ0n) is 31.3. The van der Waals surface area contributed by atoms with Gasteiger partial charge in [-0.15, -0.1) is 0 Å². The third kappa shape index (κ3) is 4.72. The van der Waals surface area contributed by atoms with Crippen LogP contribution in [0.1, 0.15) is 22.5 Å². The Morgan fingerprint density at radius 1 is 0.328 bits per heavy atom. The molecule has 58 heavy (non-hydrogen) atoms. The van der Waals surface area contributed by atoms with E-state index in [0.717, 1.165) is 55.7 Å². The second-order valence-corrected chi connectivity index (χ2v) is 15.1. The summed E-state index contributed by atoms with van der Waals surface area (Å²) < 4.78 is 7.04. The van der Waals surface area contributed by atoms with Gasteiger partial charge in [-0.2, -0.15) is 0 Å². The van der Waals surface area contributed by atoms with Gasteiger partial charge in [-0.05, 0) is 67.8 Å². The third-order valence-electron chi connectivity index (χ3n) is 12.0. The average molecular weight is 740 g/mol. The van der Waals surface area contributed by atoms with Gasteiger partial charge in [0, 0.05) is 27.6 Å². The number of fused-ring (bicyclic) bond motifs is 12. The molecule has 4 nitrogen and oxygen atoms in total. The summed E-state index contributed by atoms with van der Waals surface area (Å²) in [7, 11) is 0. The summed E-state index contributed by atoms with van der Waals surface area (Å²) in [6.45, 7) is 0. The van der Waals surface area contributed by atoms with E-state index >= 15 is 0 Å². The maximum atomic E-state index is 7.04. The van der Waals surface area contributed by atoms with Gasteiger partial charge in [0.15, 0.2) is 17.5 Å². The topological polar surface area (TPSA) is 51.8 Å². The largest absolute Gasteiger partial charge is 0.459 e. The zero-order chi connectivity index (χ0) is 38.2. The Labute approximate surface area is 335 Å². The minimum atomic E-state index is -0.589. The lowest BCUT2D eigenvalue weighted by atomic mass is 9.73. The normalized spacial score (nSPS) is 13.0. The molecule has 0 saturated heterocycles. The van der Waals surface area contributed by atoms with Crippen molar-refractivity contribution in [2.75, 3.05) is 0 Å². The van der Waals surface area contributed by atoms with Gasteiger partial charge in [0.05, 0.1) is 0 Å². The van der Waals surface area contributed by atoms with Crippen LogP contribution in [0, 0.1) is 0 Å². The van der Waals surface area contributed by atoms with Crippen molar-refractivity contribution >= 4 is 11.0 Å². The molecule has 270 valence electrons. The highest BCUT2D eigenvalue weighted by Gasteiger charge is 2.55. The van der Waals surface area contributed by atoms with Gasteiger partial charge in [0.2, 0.25) is 0 Å². The van der Waals surface area contributed by atoms with Crippen LogP contribution in [0.15, 0.2) is 205 Å². The van der Waals surface area contributed by atoms with Crippen LogP contribution in [0.4, 0.5) is 0 Å². The summed E-state index contributed by atoms with van der Waals surface area (Å²) in [5.74, 6) is 2.87. The first-order valence-corrected chi connectivity index (χ1v) is 19.7. The van der Waals surface area contributed by atoms with Gasteiger partial charge in [-0.3, -0.25) is 0 Å². The fourth-order valence-corrected chi connectivity index (χ4v) is 9.44. The van der Waals surface area contributed by atoms with Crippen molar-refractivity contribution in [2.45, 2.75) is 5.41 Å². The standard InChI is InChI=1S/C54H33N3O/c1-3-15-34(16-4-1)35-29-31-37(32-30-35)52-55-51(36-17-5-2-6-18-36)56-53(57-52)39-20-13-19-38(33-39)40-24-14-27-46-48(40)49-43-23-9-12-28-47(43)58-50(49)54(46)44-25-10-7-21-41(44)42-22-8-11-26-45(42)54/h1-33H. The van der Waals surface area contributed by atoms with Crippen LogP contribution >= 0.6 is 0 Å². The van der Waals surface area contributed by atoms with E-state index in [9.17, 15) is 0 Å². The molecule has 0 N–H and O–H groups in total. The molecular weight excluding hydrogens is 707 g/mol. The predicted octanol–water partition coefficient (Wildman–Crippen LogP) is 13.3. The first-order valence-electron chi connectivity index (χ1n) is 19.7. The first kappa shape index (κ1) is 32.5. The van der Waals surface area contributed by atoms with Crippen LogP contribution in [0.3, 0.4) is 0 Å². The summed E-state index contributed by atoms with van der Waals surface area (Å²) in [5, 5.41) is 1.12. The van der Waals surface area contributed by atoms with E-state index in [4.69, 9.17) is 19.4 Å². The molecule has 8 aromatic carbocycles. The average Bonchev–Trinajstić information content (AvgIpc) is 3.93. The first-order chi connectivity index (χ1) is 28.8. The predicted molar refractivity (Wildman–Crippen MR) is 233 cm³/mol. The van der Waals surface area contributed by atoms with Crippen molar-refractivity contribution in [3.05, 3.63) is 223 Å². The minimum Gasteiger partial charge on any atom is -0.459 e. The summed E-state index contributed by atoms with van der Waals surface area (Å²) in [6.07, 6.45) is 0. The fraction of sp³-hybridized carbons (Fsp3) is 0.0185. The molecule has 12 rings (SSSR count). The third-order valence-corrected chi connectivity index (χ3v) is 12.0. The minimum absolute atomic E-state index is 0.589. The Morgan fingerprint density at radius 3 is 1.50 bits per heavy atom. The maximum Gasteiger partial charge on any atom is 0.164 e. The number of aromatic nitrogens is 3. The van der Waals surface area contributed by atoms with Crippen molar-refractivity contribution in [2.24, 2.45) is 0 Å². The summed E-state index contributed by atoms with van der Waals surface area (Å²) >= 11 is 0. The highest BCUT2D eigenvalue weighted by atomic mass is 16.3. The molecule has 0 bridgehead atoms. The van der Waals surface area contributed by atoms with Gasteiger partial charge in [-0.1, -0.05) is 188 Å².